The van der Waals surface area contributed by atoms with Crippen molar-refractivity contribution in [3.63, 3.8) is 0 Å². The molecule has 0 fully saturated rings. The molecule has 0 N–H and O–H groups in total. The number of rotatable bonds is 7. The predicted octanol–water partition coefficient (Wildman–Crippen LogP) is 2.67. The molecule has 0 aliphatic heterocycles. The Morgan fingerprint density at radius 2 is 2.00 bits per heavy atom. The number of Topliss-reactive ketones (excluding diaryl/α,β-unsaturated/α-hetero) is 1. The second kappa shape index (κ2) is 7.89. The maximum atomic E-state index is 14.1. The third-order valence-corrected chi connectivity index (χ3v) is 2.90. The molecular weight excluding hydrogens is 271 g/mol. The van der Waals surface area contributed by atoms with Crippen molar-refractivity contribution in [2.45, 2.75) is 26.2 Å². The van der Waals surface area contributed by atoms with E-state index in [9.17, 15) is 14.0 Å². The van der Waals surface area contributed by atoms with Crippen molar-refractivity contribution in [3.05, 3.63) is 35.1 Å². The van der Waals surface area contributed by atoms with E-state index in [-0.39, 0.29) is 36.9 Å². The van der Waals surface area contributed by atoms with Crippen LogP contribution < -0.4 is 0 Å². The zero-order valence-electron chi connectivity index (χ0n) is 10.7. The van der Waals surface area contributed by atoms with Gasteiger partial charge in [-0.3, -0.25) is 9.59 Å². The number of benzene rings is 1. The normalized spacial score (nSPS) is 10.3. The molecule has 0 unspecified atom stereocenters. The number of hydrogen-bond acceptors (Lipinski definition) is 3. The first kappa shape index (κ1) is 15.6. The number of hydrogen-bond donors (Lipinski definition) is 0. The van der Waals surface area contributed by atoms with Gasteiger partial charge < -0.3 is 4.74 Å². The lowest BCUT2D eigenvalue weighted by molar-refractivity contribution is -0.143. The van der Waals surface area contributed by atoms with Crippen LogP contribution >= 0.6 is 11.6 Å². The summed E-state index contributed by atoms with van der Waals surface area (Å²) in [6.45, 7) is 2.03. The Hall–Kier alpha value is -1.42. The Kier molecular flexibility index (Phi) is 6.50. The minimum absolute atomic E-state index is 0.0252. The zero-order chi connectivity index (χ0) is 14.3. The van der Waals surface area contributed by atoms with Crippen LogP contribution in [-0.2, 0) is 27.2 Å². The molecule has 1 aromatic carbocycles. The highest BCUT2D eigenvalue weighted by atomic mass is 35.5. The third-order valence-electron chi connectivity index (χ3n) is 2.60. The minimum Gasteiger partial charge on any atom is -0.466 e. The molecule has 0 heterocycles. The van der Waals surface area contributed by atoms with Gasteiger partial charge in [0.25, 0.3) is 0 Å². The van der Waals surface area contributed by atoms with E-state index in [4.69, 9.17) is 16.3 Å². The number of carbonyl (C=O) groups excluding carboxylic acids is 2. The van der Waals surface area contributed by atoms with Crippen LogP contribution in [0.5, 0.6) is 0 Å². The lowest BCUT2D eigenvalue weighted by Crippen LogP contribution is -2.09. The number of halogens is 2. The van der Waals surface area contributed by atoms with Gasteiger partial charge in [-0.15, -0.1) is 11.6 Å². The van der Waals surface area contributed by atoms with Crippen molar-refractivity contribution in [2.75, 3.05) is 12.5 Å². The lowest BCUT2D eigenvalue weighted by Gasteiger charge is -2.07. The molecule has 0 bridgehead atoms. The number of ketones is 1. The van der Waals surface area contributed by atoms with E-state index in [2.05, 4.69) is 0 Å². The molecule has 0 aromatic heterocycles. The van der Waals surface area contributed by atoms with E-state index in [1.54, 1.807) is 25.1 Å². The van der Waals surface area contributed by atoms with Crippen molar-refractivity contribution in [1.29, 1.82) is 0 Å². The third kappa shape index (κ3) is 4.99. The second-order valence-electron chi connectivity index (χ2n) is 4.04. The van der Waals surface area contributed by atoms with Gasteiger partial charge in [-0.2, -0.15) is 0 Å². The first-order chi connectivity index (χ1) is 9.08. The van der Waals surface area contributed by atoms with Crippen molar-refractivity contribution in [1.82, 2.24) is 0 Å². The monoisotopic (exact) mass is 286 g/mol. The second-order valence-corrected chi connectivity index (χ2v) is 4.31. The van der Waals surface area contributed by atoms with Gasteiger partial charge in [0.15, 0.2) is 5.78 Å². The molecule has 104 valence electrons. The summed E-state index contributed by atoms with van der Waals surface area (Å²) in [5.41, 5.74) is 0.722. The molecule has 0 atom stereocenters. The molecule has 0 amide bonds. The summed E-state index contributed by atoms with van der Waals surface area (Å²) < 4.78 is 18.8. The number of carbonyl (C=O) groups is 2. The van der Waals surface area contributed by atoms with Crippen molar-refractivity contribution in [2.24, 2.45) is 0 Å². The number of esters is 1. The number of alkyl halides is 1. The fraction of sp³-hybridized carbons (Fsp3) is 0.429. The van der Waals surface area contributed by atoms with Gasteiger partial charge in [0.1, 0.15) is 5.82 Å². The molecular formula is C14H16ClFO3. The molecule has 0 saturated carbocycles. The summed E-state index contributed by atoms with van der Waals surface area (Å²) >= 11 is 5.40. The van der Waals surface area contributed by atoms with Gasteiger partial charge >= 0.3 is 5.97 Å². The topological polar surface area (TPSA) is 43.4 Å². The van der Waals surface area contributed by atoms with Gasteiger partial charge in [-0.05, 0) is 24.5 Å². The molecule has 1 aromatic rings. The van der Waals surface area contributed by atoms with Gasteiger partial charge in [-0.25, -0.2) is 4.39 Å². The highest BCUT2D eigenvalue weighted by Gasteiger charge is 2.12. The lowest BCUT2D eigenvalue weighted by atomic mass is 10.0. The van der Waals surface area contributed by atoms with E-state index in [1.165, 1.54) is 0 Å². The Morgan fingerprint density at radius 3 is 2.63 bits per heavy atom. The van der Waals surface area contributed by atoms with E-state index < -0.39 is 5.82 Å². The largest absolute Gasteiger partial charge is 0.466 e. The van der Waals surface area contributed by atoms with Crippen LogP contribution in [0.4, 0.5) is 4.39 Å². The van der Waals surface area contributed by atoms with Crippen molar-refractivity contribution < 1.29 is 18.7 Å². The minimum atomic E-state index is -0.440. The molecule has 0 radical (unpaired) electrons. The standard InChI is InChI=1S/C14H16ClFO3/c1-2-19-13(18)7-6-10-4-3-5-11(14(10)16)8-12(17)9-15/h3-5H,2,6-9H2,1H3. The van der Waals surface area contributed by atoms with Gasteiger partial charge in [0, 0.05) is 12.8 Å². The molecule has 0 aliphatic rings. The van der Waals surface area contributed by atoms with Gasteiger partial charge in [0.05, 0.1) is 12.5 Å². The highest BCUT2D eigenvalue weighted by Crippen LogP contribution is 2.16. The average Bonchev–Trinajstić information content (AvgIpc) is 2.40. The summed E-state index contributed by atoms with van der Waals surface area (Å²) in [6, 6.07) is 4.82. The van der Waals surface area contributed by atoms with E-state index in [1.807, 2.05) is 0 Å². The summed E-state index contributed by atoms with van der Waals surface area (Å²) in [6.07, 6.45) is 0.355. The van der Waals surface area contributed by atoms with Crippen LogP contribution in [0.1, 0.15) is 24.5 Å². The smallest absolute Gasteiger partial charge is 0.306 e. The van der Waals surface area contributed by atoms with Crippen molar-refractivity contribution in [3.8, 4) is 0 Å². The summed E-state index contributed by atoms with van der Waals surface area (Å²) in [5, 5.41) is 0. The first-order valence-electron chi connectivity index (χ1n) is 6.08. The summed E-state index contributed by atoms with van der Waals surface area (Å²) in [5.74, 6) is -1.16. The SMILES string of the molecule is CCOC(=O)CCc1cccc(CC(=O)CCl)c1F. The summed E-state index contributed by atoms with van der Waals surface area (Å²) in [4.78, 5) is 22.4. The van der Waals surface area contributed by atoms with E-state index in [0.29, 0.717) is 17.7 Å². The van der Waals surface area contributed by atoms with E-state index in [0.717, 1.165) is 0 Å². The number of ether oxygens (including phenoxy) is 1. The van der Waals surface area contributed by atoms with Crippen LogP contribution in [0.2, 0.25) is 0 Å². The predicted molar refractivity (Wildman–Crippen MR) is 70.8 cm³/mol. The maximum Gasteiger partial charge on any atom is 0.306 e. The zero-order valence-corrected chi connectivity index (χ0v) is 11.5. The Labute approximate surface area is 116 Å². The quantitative estimate of drug-likeness (QED) is 0.572. The summed E-state index contributed by atoms with van der Waals surface area (Å²) in [7, 11) is 0. The Bertz CT molecular complexity index is 460. The number of aryl methyl sites for hydroxylation is 1. The van der Waals surface area contributed by atoms with Crippen LogP contribution in [0.3, 0.4) is 0 Å². The van der Waals surface area contributed by atoms with Crippen LogP contribution in [-0.4, -0.2) is 24.2 Å². The fourth-order valence-corrected chi connectivity index (χ4v) is 1.79. The first-order valence-corrected chi connectivity index (χ1v) is 6.61. The fourth-order valence-electron chi connectivity index (χ4n) is 1.69. The molecule has 0 saturated heterocycles. The molecule has 19 heavy (non-hydrogen) atoms. The van der Waals surface area contributed by atoms with Crippen LogP contribution in [0, 0.1) is 5.82 Å². The van der Waals surface area contributed by atoms with E-state index >= 15 is 0 Å². The molecule has 5 heteroatoms. The maximum absolute atomic E-state index is 14.1. The van der Waals surface area contributed by atoms with Crippen molar-refractivity contribution >= 4 is 23.4 Å². The van der Waals surface area contributed by atoms with Crippen LogP contribution in [0.15, 0.2) is 18.2 Å². The molecule has 0 spiro atoms. The highest BCUT2D eigenvalue weighted by molar-refractivity contribution is 6.27. The molecule has 0 aliphatic carbocycles. The average molecular weight is 287 g/mol. The van der Waals surface area contributed by atoms with Crippen LogP contribution in [0.25, 0.3) is 0 Å². The molecule has 3 nitrogen and oxygen atoms in total. The molecule has 1 rings (SSSR count). The van der Waals surface area contributed by atoms with Gasteiger partial charge in [-0.1, -0.05) is 18.2 Å². The van der Waals surface area contributed by atoms with Gasteiger partial charge in [0.2, 0.25) is 0 Å². The Morgan fingerprint density at radius 1 is 1.32 bits per heavy atom. The Balaban J connectivity index is 2.71.